The molecule has 0 fully saturated rings. The van der Waals surface area contributed by atoms with Crippen molar-refractivity contribution in [2.75, 3.05) is 6.61 Å². The van der Waals surface area contributed by atoms with E-state index in [4.69, 9.17) is 5.11 Å². The fraction of sp³-hybridized carbons (Fsp3) is 0.600. The van der Waals surface area contributed by atoms with Gasteiger partial charge in [0.05, 0.1) is 0 Å². The van der Waals surface area contributed by atoms with E-state index in [9.17, 15) is 0 Å². The summed E-state index contributed by atoms with van der Waals surface area (Å²) < 4.78 is 0. The van der Waals surface area contributed by atoms with Crippen LogP contribution in [0.5, 0.6) is 0 Å². The predicted octanol–water partition coefficient (Wildman–Crippen LogP) is 3.55. The van der Waals surface area contributed by atoms with E-state index < -0.39 is 0 Å². The van der Waals surface area contributed by atoms with Crippen molar-refractivity contribution < 1.29 is 5.11 Å². The lowest BCUT2D eigenvalue weighted by molar-refractivity contribution is 0.252. The molecule has 1 nitrogen and oxygen atoms in total. The van der Waals surface area contributed by atoms with Gasteiger partial charge in [0.2, 0.25) is 0 Å². The second kappa shape index (κ2) is 5.49. The van der Waals surface area contributed by atoms with Crippen LogP contribution in [-0.4, -0.2) is 11.7 Å². The minimum absolute atomic E-state index is 0.0745. The average Bonchev–Trinajstić information content (AvgIpc) is 2.17. The largest absolute Gasteiger partial charge is 0.396 e. The Hall–Kier alpha value is -0.820. The Morgan fingerprint density at radius 3 is 2.12 bits per heavy atom. The number of hydrogen-bond donors (Lipinski definition) is 1. The molecule has 0 aliphatic rings. The quantitative estimate of drug-likeness (QED) is 0.804. The highest BCUT2D eigenvalue weighted by Crippen LogP contribution is 2.27. The molecule has 0 atom stereocenters. The first-order valence-electron chi connectivity index (χ1n) is 6.16. The van der Waals surface area contributed by atoms with Crippen molar-refractivity contribution in [1.82, 2.24) is 0 Å². The standard InChI is InChI=1S/C15H24O/c1-12(2)11-13-5-7-14(8-6-13)15(3,4)9-10-16/h5-8,12,16H,9-11H2,1-4H3. The van der Waals surface area contributed by atoms with Crippen LogP contribution in [0, 0.1) is 5.92 Å². The summed E-state index contributed by atoms with van der Waals surface area (Å²) in [5.74, 6) is 0.705. The first kappa shape index (κ1) is 13.2. The molecule has 1 rings (SSSR count). The van der Waals surface area contributed by atoms with Gasteiger partial charge in [-0.05, 0) is 35.3 Å². The molecule has 90 valence electrons. The van der Waals surface area contributed by atoms with E-state index in [2.05, 4.69) is 52.0 Å². The predicted molar refractivity (Wildman–Crippen MR) is 69.7 cm³/mol. The third-order valence-electron chi connectivity index (χ3n) is 3.12. The minimum Gasteiger partial charge on any atom is -0.396 e. The number of aliphatic hydroxyl groups is 1. The Bertz CT molecular complexity index is 309. The van der Waals surface area contributed by atoms with Crippen molar-refractivity contribution in [3.8, 4) is 0 Å². The van der Waals surface area contributed by atoms with Crippen LogP contribution >= 0.6 is 0 Å². The Morgan fingerprint density at radius 1 is 1.12 bits per heavy atom. The molecule has 0 spiro atoms. The molecule has 0 aliphatic carbocycles. The lowest BCUT2D eigenvalue weighted by Crippen LogP contribution is -2.18. The fourth-order valence-electron chi connectivity index (χ4n) is 1.99. The molecule has 0 saturated heterocycles. The van der Waals surface area contributed by atoms with Crippen LogP contribution in [0.1, 0.15) is 45.2 Å². The zero-order valence-corrected chi connectivity index (χ0v) is 11.0. The normalized spacial score (nSPS) is 12.1. The number of benzene rings is 1. The van der Waals surface area contributed by atoms with Gasteiger partial charge in [0.15, 0.2) is 0 Å². The first-order chi connectivity index (χ1) is 7.45. The summed E-state index contributed by atoms with van der Waals surface area (Å²) in [6.45, 7) is 9.09. The zero-order valence-electron chi connectivity index (χ0n) is 11.0. The van der Waals surface area contributed by atoms with Crippen molar-refractivity contribution in [2.24, 2.45) is 5.92 Å². The molecule has 1 aromatic rings. The second-order valence-electron chi connectivity index (χ2n) is 5.65. The summed E-state index contributed by atoms with van der Waals surface area (Å²) in [7, 11) is 0. The van der Waals surface area contributed by atoms with Crippen LogP contribution in [0.3, 0.4) is 0 Å². The average molecular weight is 220 g/mol. The Balaban J connectivity index is 2.78. The van der Waals surface area contributed by atoms with Gasteiger partial charge in [-0.25, -0.2) is 0 Å². The smallest absolute Gasteiger partial charge is 0.0439 e. The Labute approximate surface area is 99.5 Å². The molecule has 1 heteroatoms. The zero-order chi connectivity index (χ0) is 12.2. The van der Waals surface area contributed by atoms with Crippen LogP contribution in [0.25, 0.3) is 0 Å². The summed E-state index contributed by atoms with van der Waals surface area (Å²) >= 11 is 0. The van der Waals surface area contributed by atoms with E-state index in [-0.39, 0.29) is 12.0 Å². The lowest BCUT2D eigenvalue weighted by Gasteiger charge is -2.24. The highest BCUT2D eigenvalue weighted by molar-refractivity contribution is 5.28. The minimum atomic E-state index is 0.0745. The van der Waals surface area contributed by atoms with Gasteiger partial charge in [-0.3, -0.25) is 0 Å². The van der Waals surface area contributed by atoms with Gasteiger partial charge in [-0.15, -0.1) is 0 Å². The maximum atomic E-state index is 9.04. The molecule has 0 radical (unpaired) electrons. The molecule has 0 unspecified atom stereocenters. The van der Waals surface area contributed by atoms with Gasteiger partial charge in [0, 0.05) is 6.61 Å². The number of hydrogen-bond acceptors (Lipinski definition) is 1. The van der Waals surface area contributed by atoms with Crippen LogP contribution < -0.4 is 0 Å². The molecule has 0 saturated carbocycles. The van der Waals surface area contributed by atoms with Gasteiger partial charge < -0.3 is 5.11 Å². The highest BCUT2D eigenvalue weighted by Gasteiger charge is 2.19. The summed E-state index contributed by atoms with van der Waals surface area (Å²) in [6, 6.07) is 8.84. The molecule has 0 amide bonds. The molecule has 0 bridgehead atoms. The summed E-state index contributed by atoms with van der Waals surface area (Å²) in [5.41, 5.74) is 2.79. The maximum Gasteiger partial charge on any atom is 0.0439 e. The van der Waals surface area contributed by atoms with Gasteiger partial charge in [-0.1, -0.05) is 52.0 Å². The summed E-state index contributed by atoms with van der Waals surface area (Å²) in [6.07, 6.45) is 1.96. The SMILES string of the molecule is CC(C)Cc1ccc(C(C)(C)CCO)cc1. The first-order valence-corrected chi connectivity index (χ1v) is 6.16. The van der Waals surface area contributed by atoms with E-state index in [0.29, 0.717) is 5.92 Å². The topological polar surface area (TPSA) is 20.2 Å². The Morgan fingerprint density at radius 2 is 1.69 bits per heavy atom. The van der Waals surface area contributed by atoms with Crippen LogP contribution in [-0.2, 0) is 11.8 Å². The fourth-order valence-corrected chi connectivity index (χ4v) is 1.99. The summed E-state index contributed by atoms with van der Waals surface area (Å²) in [4.78, 5) is 0. The van der Waals surface area contributed by atoms with E-state index in [0.717, 1.165) is 12.8 Å². The number of aliphatic hydroxyl groups excluding tert-OH is 1. The summed E-state index contributed by atoms with van der Waals surface area (Å²) in [5, 5.41) is 9.04. The van der Waals surface area contributed by atoms with Crippen molar-refractivity contribution in [2.45, 2.75) is 46.0 Å². The van der Waals surface area contributed by atoms with Crippen molar-refractivity contribution >= 4 is 0 Å². The van der Waals surface area contributed by atoms with Gasteiger partial charge in [-0.2, -0.15) is 0 Å². The van der Waals surface area contributed by atoms with E-state index >= 15 is 0 Å². The van der Waals surface area contributed by atoms with Gasteiger partial charge in [0.25, 0.3) is 0 Å². The maximum absolute atomic E-state index is 9.04. The third-order valence-corrected chi connectivity index (χ3v) is 3.12. The molecule has 0 heterocycles. The van der Waals surface area contributed by atoms with Crippen LogP contribution in [0.4, 0.5) is 0 Å². The van der Waals surface area contributed by atoms with Crippen LogP contribution in [0.15, 0.2) is 24.3 Å². The molecular weight excluding hydrogens is 196 g/mol. The van der Waals surface area contributed by atoms with E-state index in [1.54, 1.807) is 0 Å². The molecule has 0 aliphatic heterocycles. The molecule has 1 aromatic carbocycles. The van der Waals surface area contributed by atoms with Gasteiger partial charge in [0.1, 0.15) is 0 Å². The highest BCUT2D eigenvalue weighted by atomic mass is 16.3. The monoisotopic (exact) mass is 220 g/mol. The number of rotatable bonds is 5. The second-order valence-corrected chi connectivity index (χ2v) is 5.65. The lowest BCUT2D eigenvalue weighted by atomic mass is 9.81. The van der Waals surface area contributed by atoms with Crippen molar-refractivity contribution in [3.63, 3.8) is 0 Å². The van der Waals surface area contributed by atoms with Crippen LogP contribution in [0.2, 0.25) is 0 Å². The van der Waals surface area contributed by atoms with Gasteiger partial charge >= 0.3 is 0 Å². The van der Waals surface area contributed by atoms with Crippen molar-refractivity contribution in [3.05, 3.63) is 35.4 Å². The molecule has 1 N–H and O–H groups in total. The van der Waals surface area contributed by atoms with E-state index in [1.807, 2.05) is 0 Å². The molecule has 0 aromatic heterocycles. The molecular formula is C15H24O. The molecule has 16 heavy (non-hydrogen) atoms. The van der Waals surface area contributed by atoms with Crippen molar-refractivity contribution in [1.29, 1.82) is 0 Å². The van der Waals surface area contributed by atoms with E-state index in [1.165, 1.54) is 11.1 Å². The third kappa shape index (κ3) is 3.64. The Kier molecular flexibility index (Phi) is 4.55.